The fraction of sp³-hybridized carbons (Fsp3) is 0.258. The topological polar surface area (TPSA) is 149 Å². The number of carbonyl (C=O) groups excluding carboxylic acids is 3. The summed E-state index contributed by atoms with van der Waals surface area (Å²) in [6.07, 6.45) is 1.69. The molecule has 0 saturated carbocycles. The van der Waals surface area contributed by atoms with E-state index in [-0.39, 0.29) is 24.9 Å². The van der Waals surface area contributed by atoms with Gasteiger partial charge in [0.05, 0.1) is 24.1 Å². The maximum absolute atomic E-state index is 13.0. The molecular formula is C31H35N3O7. The van der Waals surface area contributed by atoms with Gasteiger partial charge in [-0.05, 0) is 68.3 Å². The molecule has 0 saturated heterocycles. The highest BCUT2D eigenvalue weighted by atomic mass is 16.6. The number of hydrogen-bond acceptors (Lipinski definition) is 8. The van der Waals surface area contributed by atoms with Crippen molar-refractivity contribution in [3.8, 4) is 5.75 Å². The average molecular weight is 562 g/mol. The second-order valence-corrected chi connectivity index (χ2v) is 9.02. The third-order valence-corrected chi connectivity index (χ3v) is 6.09. The van der Waals surface area contributed by atoms with Crippen LogP contribution in [0.3, 0.4) is 0 Å². The van der Waals surface area contributed by atoms with Gasteiger partial charge in [-0.1, -0.05) is 36.4 Å². The molecule has 3 aromatic rings. The number of nitrogens with one attached hydrogen (secondary N) is 2. The first kappa shape index (κ1) is 30.9. The summed E-state index contributed by atoms with van der Waals surface area (Å²) in [7, 11) is 1.51. The molecule has 0 heterocycles. The Labute approximate surface area is 239 Å². The molecule has 5 N–H and O–H groups in total. The van der Waals surface area contributed by atoms with Crippen LogP contribution in [0.1, 0.15) is 41.8 Å². The minimum absolute atomic E-state index is 0.0554. The summed E-state index contributed by atoms with van der Waals surface area (Å²) in [5.74, 6) is 0.0162. The van der Waals surface area contributed by atoms with E-state index in [1.54, 1.807) is 78.9 Å². The molecule has 10 nitrogen and oxygen atoms in total. The van der Waals surface area contributed by atoms with Crippen molar-refractivity contribution in [1.29, 1.82) is 0 Å². The zero-order chi connectivity index (χ0) is 29.6. The van der Waals surface area contributed by atoms with E-state index in [2.05, 4.69) is 10.6 Å². The van der Waals surface area contributed by atoms with Gasteiger partial charge in [0, 0.05) is 23.9 Å². The number of anilines is 3. The molecule has 3 rings (SSSR count). The summed E-state index contributed by atoms with van der Waals surface area (Å²) in [6, 6.07) is 20.4. The highest BCUT2D eigenvalue weighted by Crippen LogP contribution is 2.33. The van der Waals surface area contributed by atoms with Crippen molar-refractivity contribution in [2.24, 2.45) is 0 Å². The molecule has 0 spiro atoms. The summed E-state index contributed by atoms with van der Waals surface area (Å²) in [6.45, 7) is 1.33. The molecule has 0 aromatic heterocycles. The van der Waals surface area contributed by atoms with Crippen LogP contribution in [0.5, 0.6) is 5.75 Å². The third kappa shape index (κ3) is 9.48. The smallest absolute Gasteiger partial charge is 0.412 e. The maximum atomic E-state index is 13.0. The van der Waals surface area contributed by atoms with Crippen molar-refractivity contribution >= 4 is 34.8 Å². The van der Waals surface area contributed by atoms with Gasteiger partial charge in [0.25, 0.3) is 0 Å². The Morgan fingerprint density at radius 2 is 1.68 bits per heavy atom. The number of benzene rings is 3. The molecule has 0 fully saturated rings. The van der Waals surface area contributed by atoms with E-state index in [1.165, 1.54) is 20.1 Å². The molecule has 10 heteroatoms. The number of nitrogens with two attached hydrogens (primary N) is 1. The Kier molecular flexibility index (Phi) is 11.9. The summed E-state index contributed by atoms with van der Waals surface area (Å²) >= 11 is 0. The number of carbonyl (C=O) groups is 3. The molecule has 2 atom stereocenters. The number of hydrogen-bond donors (Lipinski definition) is 4. The van der Waals surface area contributed by atoms with Crippen LogP contribution < -0.4 is 21.1 Å². The number of Topliss-reactive ketones (excluding diaryl/α,β-unsaturated/α-hetero) is 1. The van der Waals surface area contributed by atoms with Crippen molar-refractivity contribution in [3.05, 3.63) is 96.1 Å². The monoisotopic (exact) mass is 561 g/mol. The molecular weight excluding hydrogens is 526 g/mol. The SMILES string of the molecule is CO[C@@H](CC/C=C/C(=O)Nc1ccccc1N)[C@@H](OC(=O)Nc1ccc(C(C)=O)cc1)c1ccccc1OCCO. The Balaban J connectivity index is 1.74. The lowest BCUT2D eigenvalue weighted by Crippen LogP contribution is -2.28. The van der Waals surface area contributed by atoms with E-state index in [1.807, 2.05) is 0 Å². The number of aliphatic hydroxyl groups excluding tert-OH is 1. The minimum Gasteiger partial charge on any atom is -0.491 e. The number of nitrogen functional groups attached to an aromatic ring is 1. The predicted octanol–water partition coefficient (Wildman–Crippen LogP) is 5.12. The van der Waals surface area contributed by atoms with E-state index in [9.17, 15) is 19.5 Å². The molecule has 41 heavy (non-hydrogen) atoms. The lowest BCUT2D eigenvalue weighted by molar-refractivity contribution is -0.111. The summed E-state index contributed by atoms with van der Waals surface area (Å²) in [4.78, 5) is 36.9. The van der Waals surface area contributed by atoms with Crippen LogP contribution in [-0.2, 0) is 14.3 Å². The van der Waals surface area contributed by atoms with Gasteiger partial charge in [-0.25, -0.2) is 4.79 Å². The number of allylic oxidation sites excluding steroid dienone is 1. The molecule has 216 valence electrons. The number of rotatable bonds is 14. The highest BCUT2D eigenvalue weighted by Gasteiger charge is 2.29. The van der Waals surface area contributed by atoms with Gasteiger partial charge < -0.3 is 30.4 Å². The number of para-hydroxylation sites is 3. The van der Waals surface area contributed by atoms with Gasteiger partial charge in [0.2, 0.25) is 5.91 Å². The van der Waals surface area contributed by atoms with Crippen molar-refractivity contribution < 1.29 is 33.7 Å². The maximum Gasteiger partial charge on any atom is 0.412 e. The van der Waals surface area contributed by atoms with Gasteiger partial charge >= 0.3 is 6.09 Å². The number of amides is 2. The largest absolute Gasteiger partial charge is 0.491 e. The van der Waals surface area contributed by atoms with Crippen LogP contribution in [-0.4, -0.2) is 49.3 Å². The third-order valence-electron chi connectivity index (χ3n) is 6.09. The normalized spacial score (nSPS) is 12.4. The predicted molar refractivity (Wildman–Crippen MR) is 157 cm³/mol. The van der Waals surface area contributed by atoms with Crippen molar-refractivity contribution in [3.63, 3.8) is 0 Å². The van der Waals surface area contributed by atoms with Gasteiger partial charge in [0.1, 0.15) is 12.4 Å². The van der Waals surface area contributed by atoms with Crippen molar-refractivity contribution in [2.45, 2.75) is 32.0 Å². The molecule has 0 aliphatic rings. The van der Waals surface area contributed by atoms with Gasteiger partial charge in [-0.15, -0.1) is 0 Å². The number of methoxy groups -OCH3 is 1. The van der Waals surface area contributed by atoms with Crippen LogP contribution in [0.2, 0.25) is 0 Å². The number of aliphatic hydroxyl groups is 1. The fourth-order valence-electron chi connectivity index (χ4n) is 4.02. The van der Waals surface area contributed by atoms with Gasteiger partial charge in [-0.2, -0.15) is 0 Å². The zero-order valence-corrected chi connectivity index (χ0v) is 23.0. The molecule has 0 bridgehead atoms. The lowest BCUT2D eigenvalue weighted by atomic mass is 9.99. The molecule has 0 radical (unpaired) electrons. The summed E-state index contributed by atoms with van der Waals surface area (Å²) in [5, 5.41) is 14.7. The highest BCUT2D eigenvalue weighted by molar-refractivity contribution is 6.01. The van der Waals surface area contributed by atoms with E-state index in [0.29, 0.717) is 46.8 Å². The fourth-order valence-corrected chi connectivity index (χ4v) is 4.02. The van der Waals surface area contributed by atoms with Crippen molar-refractivity contribution in [1.82, 2.24) is 0 Å². The van der Waals surface area contributed by atoms with E-state index in [4.69, 9.17) is 19.9 Å². The molecule has 0 unspecified atom stereocenters. The lowest BCUT2D eigenvalue weighted by Gasteiger charge is -2.27. The second-order valence-electron chi connectivity index (χ2n) is 9.02. The van der Waals surface area contributed by atoms with Crippen LogP contribution in [0.4, 0.5) is 21.9 Å². The minimum atomic E-state index is -0.891. The molecule has 2 amide bonds. The average Bonchev–Trinajstić information content (AvgIpc) is 2.97. The van der Waals surface area contributed by atoms with Gasteiger partial charge in [0.15, 0.2) is 11.9 Å². The number of ether oxygens (including phenoxy) is 3. The first-order chi connectivity index (χ1) is 19.8. The Hall–Kier alpha value is -4.67. The quantitative estimate of drug-likeness (QED) is 0.120. The summed E-state index contributed by atoms with van der Waals surface area (Å²) in [5.41, 5.74) is 8.38. The molecule has 0 aliphatic heterocycles. The second kappa shape index (κ2) is 15.8. The standard InChI is InChI=1S/C31H35N3O7/c1-21(36)22-15-17-23(18-16-22)33-31(38)41-30(24-9-3-6-12-27(24)40-20-19-35)28(39-2)13-7-8-14-29(37)34-26-11-5-4-10-25(26)32/h3-6,8-12,14-18,28,30,35H,7,13,19-20,32H2,1-2H3,(H,33,38)(H,34,37)/b14-8+/t28-,30-/m0/s1. The summed E-state index contributed by atoms with van der Waals surface area (Å²) < 4.78 is 17.3. The first-order valence-electron chi connectivity index (χ1n) is 13.1. The van der Waals surface area contributed by atoms with Crippen LogP contribution in [0.25, 0.3) is 0 Å². The molecule has 3 aromatic carbocycles. The Morgan fingerprint density at radius 3 is 2.37 bits per heavy atom. The Bertz CT molecular complexity index is 1340. The van der Waals surface area contributed by atoms with Crippen LogP contribution >= 0.6 is 0 Å². The van der Waals surface area contributed by atoms with Crippen molar-refractivity contribution in [2.75, 3.05) is 36.7 Å². The van der Waals surface area contributed by atoms with E-state index in [0.717, 1.165) is 0 Å². The van der Waals surface area contributed by atoms with Gasteiger partial charge in [-0.3, -0.25) is 14.9 Å². The first-order valence-corrected chi connectivity index (χ1v) is 13.1. The van der Waals surface area contributed by atoms with Crippen LogP contribution in [0.15, 0.2) is 84.9 Å². The Morgan fingerprint density at radius 1 is 0.976 bits per heavy atom. The zero-order valence-electron chi connectivity index (χ0n) is 23.0. The number of ketones is 1. The molecule has 0 aliphatic carbocycles. The van der Waals surface area contributed by atoms with Crippen LogP contribution in [0, 0.1) is 0 Å². The van der Waals surface area contributed by atoms with E-state index >= 15 is 0 Å². The van der Waals surface area contributed by atoms with E-state index < -0.39 is 18.3 Å².